The molecule has 1 rings (SSSR count). The molecule has 0 amide bonds. The average molecular weight is 186 g/mol. The highest BCUT2D eigenvalue weighted by Gasteiger charge is 2.11. The van der Waals surface area contributed by atoms with Crippen molar-refractivity contribution in [1.29, 1.82) is 0 Å². The van der Waals surface area contributed by atoms with Crippen molar-refractivity contribution in [3.05, 3.63) is 0 Å². The van der Waals surface area contributed by atoms with E-state index in [0.717, 1.165) is 19.7 Å². The number of hydroxylamine groups is 1. The predicted molar refractivity (Wildman–Crippen MR) is 54.4 cm³/mol. The van der Waals surface area contributed by atoms with Crippen LogP contribution in [0.1, 0.15) is 33.1 Å². The van der Waals surface area contributed by atoms with Crippen LogP contribution < -0.4 is 10.8 Å². The lowest BCUT2D eigenvalue weighted by Crippen LogP contribution is -2.41. The molecule has 0 saturated carbocycles. The first kappa shape index (κ1) is 11.0. The minimum absolute atomic E-state index is 0.604. The van der Waals surface area contributed by atoms with Crippen molar-refractivity contribution >= 4 is 0 Å². The summed E-state index contributed by atoms with van der Waals surface area (Å²) in [5.74, 6) is 0.604. The van der Waals surface area contributed by atoms with Crippen LogP contribution in [0.4, 0.5) is 0 Å². The first-order valence-corrected chi connectivity index (χ1v) is 5.37. The third-order valence-corrected chi connectivity index (χ3v) is 2.26. The Bertz CT molecular complexity index is 122. The van der Waals surface area contributed by atoms with Crippen LogP contribution in [-0.2, 0) is 4.84 Å². The Morgan fingerprint density at radius 2 is 2.31 bits per heavy atom. The maximum atomic E-state index is 5.31. The van der Waals surface area contributed by atoms with Gasteiger partial charge in [-0.1, -0.05) is 20.3 Å². The zero-order valence-electron chi connectivity index (χ0n) is 8.81. The van der Waals surface area contributed by atoms with Crippen molar-refractivity contribution in [2.24, 2.45) is 5.92 Å². The van der Waals surface area contributed by atoms with Gasteiger partial charge in [0.05, 0.1) is 6.61 Å². The van der Waals surface area contributed by atoms with E-state index in [2.05, 4.69) is 24.6 Å². The number of piperidine rings is 1. The molecule has 0 spiro atoms. The Hall–Kier alpha value is -0.120. The molecule has 0 radical (unpaired) electrons. The zero-order valence-corrected chi connectivity index (χ0v) is 8.81. The molecule has 3 nitrogen and oxygen atoms in total. The summed E-state index contributed by atoms with van der Waals surface area (Å²) in [6.45, 7) is 7.21. The summed E-state index contributed by atoms with van der Waals surface area (Å²) in [5.41, 5.74) is 3.02. The highest BCUT2D eigenvalue weighted by molar-refractivity contribution is 4.72. The lowest BCUT2D eigenvalue weighted by molar-refractivity contribution is 0.0178. The molecule has 2 N–H and O–H groups in total. The minimum atomic E-state index is 0.604. The van der Waals surface area contributed by atoms with E-state index in [1.54, 1.807) is 0 Å². The molecular weight excluding hydrogens is 164 g/mol. The van der Waals surface area contributed by atoms with Gasteiger partial charge in [0.25, 0.3) is 0 Å². The molecule has 1 unspecified atom stereocenters. The fraction of sp³-hybridized carbons (Fsp3) is 1.00. The van der Waals surface area contributed by atoms with Gasteiger partial charge in [-0.05, 0) is 25.3 Å². The van der Waals surface area contributed by atoms with Gasteiger partial charge in [0.1, 0.15) is 0 Å². The Morgan fingerprint density at radius 3 is 2.92 bits per heavy atom. The molecule has 0 aromatic carbocycles. The minimum Gasteiger partial charge on any atom is -0.313 e. The molecule has 0 aromatic heterocycles. The van der Waals surface area contributed by atoms with Crippen LogP contribution in [-0.4, -0.2) is 25.7 Å². The topological polar surface area (TPSA) is 33.3 Å². The van der Waals surface area contributed by atoms with E-state index in [9.17, 15) is 0 Å². The molecule has 1 atom stereocenters. The molecule has 1 heterocycles. The summed E-state index contributed by atoms with van der Waals surface area (Å²) in [6, 6.07) is 0.612. The van der Waals surface area contributed by atoms with Gasteiger partial charge < -0.3 is 10.2 Å². The molecular formula is C10H22N2O. The Balaban J connectivity index is 1.92. The summed E-state index contributed by atoms with van der Waals surface area (Å²) in [7, 11) is 0. The summed E-state index contributed by atoms with van der Waals surface area (Å²) in [6.07, 6.45) is 3.95. The normalized spacial score (nSPS) is 23.8. The maximum absolute atomic E-state index is 5.31. The number of nitrogens with one attached hydrogen (secondary N) is 2. The first-order valence-electron chi connectivity index (χ1n) is 5.37. The van der Waals surface area contributed by atoms with Gasteiger partial charge >= 0.3 is 0 Å². The highest BCUT2D eigenvalue weighted by Crippen LogP contribution is 2.05. The van der Waals surface area contributed by atoms with Crippen LogP contribution in [0.2, 0.25) is 0 Å². The van der Waals surface area contributed by atoms with Crippen molar-refractivity contribution < 1.29 is 4.84 Å². The standard InChI is InChI=1S/C10H22N2O/c1-9(2)8-13-12-7-10-5-3-4-6-11-10/h9-12H,3-8H2,1-2H3. The van der Waals surface area contributed by atoms with Gasteiger partial charge in [0.2, 0.25) is 0 Å². The Labute approximate surface area is 81.2 Å². The molecule has 1 fully saturated rings. The van der Waals surface area contributed by atoms with Gasteiger partial charge in [-0.3, -0.25) is 0 Å². The van der Waals surface area contributed by atoms with Crippen LogP contribution in [0.25, 0.3) is 0 Å². The maximum Gasteiger partial charge on any atom is 0.0705 e. The lowest BCUT2D eigenvalue weighted by atomic mass is 10.1. The third-order valence-electron chi connectivity index (χ3n) is 2.26. The monoisotopic (exact) mass is 186 g/mol. The molecule has 1 aliphatic rings. The van der Waals surface area contributed by atoms with Crippen molar-refractivity contribution in [1.82, 2.24) is 10.8 Å². The smallest absolute Gasteiger partial charge is 0.0705 e. The van der Waals surface area contributed by atoms with E-state index in [-0.39, 0.29) is 0 Å². The summed E-state index contributed by atoms with van der Waals surface area (Å²) < 4.78 is 0. The Morgan fingerprint density at radius 1 is 1.46 bits per heavy atom. The van der Waals surface area contributed by atoms with Crippen LogP contribution in [0.15, 0.2) is 0 Å². The molecule has 3 heteroatoms. The van der Waals surface area contributed by atoms with Gasteiger partial charge in [-0.25, -0.2) is 5.48 Å². The number of hydrogen-bond donors (Lipinski definition) is 2. The van der Waals surface area contributed by atoms with Crippen molar-refractivity contribution in [3.8, 4) is 0 Å². The molecule has 78 valence electrons. The SMILES string of the molecule is CC(C)CONCC1CCCCN1. The predicted octanol–water partition coefficient (Wildman–Crippen LogP) is 1.31. The second kappa shape index (κ2) is 6.35. The summed E-state index contributed by atoms with van der Waals surface area (Å²) in [5, 5.41) is 3.46. The first-order chi connectivity index (χ1) is 6.29. The van der Waals surface area contributed by atoms with E-state index in [1.165, 1.54) is 19.3 Å². The van der Waals surface area contributed by atoms with Gasteiger partial charge in [-0.15, -0.1) is 0 Å². The number of hydrogen-bond acceptors (Lipinski definition) is 3. The van der Waals surface area contributed by atoms with E-state index >= 15 is 0 Å². The van der Waals surface area contributed by atoms with Crippen LogP contribution in [0.3, 0.4) is 0 Å². The molecule has 13 heavy (non-hydrogen) atoms. The second-order valence-corrected chi connectivity index (χ2v) is 4.20. The summed E-state index contributed by atoms with van der Waals surface area (Å²) in [4.78, 5) is 5.31. The third kappa shape index (κ3) is 5.24. The van der Waals surface area contributed by atoms with Crippen molar-refractivity contribution in [2.75, 3.05) is 19.7 Å². The van der Waals surface area contributed by atoms with Crippen molar-refractivity contribution in [3.63, 3.8) is 0 Å². The molecule has 0 aromatic rings. The van der Waals surface area contributed by atoms with Crippen LogP contribution in [0, 0.1) is 5.92 Å². The van der Waals surface area contributed by atoms with Gasteiger partial charge in [0.15, 0.2) is 0 Å². The Kier molecular flexibility index (Phi) is 5.35. The fourth-order valence-electron chi connectivity index (χ4n) is 1.48. The van der Waals surface area contributed by atoms with E-state index in [0.29, 0.717) is 12.0 Å². The van der Waals surface area contributed by atoms with Gasteiger partial charge in [-0.2, -0.15) is 0 Å². The molecule has 1 aliphatic heterocycles. The fourth-order valence-corrected chi connectivity index (χ4v) is 1.48. The quantitative estimate of drug-likeness (QED) is 0.501. The van der Waals surface area contributed by atoms with E-state index in [4.69, 9.17) is 4.84 Å². The largest absolute Gasteiger partial charge is 0.313 e. The van der Waals surface area contributed by atoms with Crippen molar-refractivity contribution in [2.45, 2.75) is 39.2 Å². The molecule has 0 bridgehead atoms. The number of rotatable bonds is 5. The van der Waals surface area contributed by atoms with Crippen LogP contribution in [0.5, 0.6) is 0 Å². The second-order valence-electron chi connectivity index (χ2n) is 4.20. The van der Waals surface area contributed by atoms with E-state index in [1.807, 2.05) is 0 Å². The van der Waals surface area contributed by atoms with Crippen LogP contribution >= 0.6 is 0 Å². The molecule has 1 saturated heterocycles. The van der Waals surface area contributed by atoms with E-state index < -0.39 is 0 Å². The van der Waals surface area contributed by atoms with Gasteiger partial charge in [0, 0.05) is 12.6 Å². The average Bonchev–Trinajstić information content (AvgIpc) is 2.14. The lowest BCUT2D eigenvalue weighted by Gasteiger charge is -2.23. The molecule has 0 aliphatic carbocycles. The zero-order chi connectivity index (χ0) is 9.52. The highest BCUT2D eigenvalue weighted by atomic mass is 16.6. The summed E-state index contributed by atoms with van der Waals surface area (Å²) >= 11 is 0.